The Labute approximate surface area is 133 Å². The Kier molecular flexibility index (Phi) is 5.30. The zero-order valence-electron chi connectivity index (χ0n) is 11.8. The molecule has 2 aromatic carbocycles. The van der Waals surface area contributed by atoms with Gasteiger partial charge in [0.25, 0.3) is 0 Å². The topological polar surface area (TPSA) is 40.9 Å². The van der Waals surface area contributed by atoms with Crippen LogP contribution in [-0.2, 0) is 11.2 Å². The van der Waals surface area contributed by atoms with Crippen molar-refractivity contribution in [2.75, 3.05) is 0 Å². The van der Waals surface area contributed by atoms with E-state index in [1.54, 1.807) is 0 Å². The molecule has 0 spiro atoms. The molecule has 0 saturated heterocycles. The summed E-state index contributed by atoms with van der Waals surface area (Å²) in [7, 11) is 0. The van der Waals surface area contributed by atoms with Crippen molar-refractivity contribution in [1.82, 2.24) is 0 Å². The summed E-state index contributed by atoms with van der Waals surface area (Å²) in [6.07, 6.45) is 1.06. The number of benzene rings is 2. The molecule has 21 heavy (non-hydrogen) atoms. The van der Waals surface area contributed by atoms with E-state index in [2.05, 4.69) is 28.1 Å². The molecule has 0 radical (unpaired) electrons. The fraction of sp³-hybridized carbons (Fsp3) is 0.222. The molecule has 0 saturated carbocycles. The molecule has 0 heterocycles. The highest BCUT2D eigenvalue weighted by Crippen LogP contribution is 2.21. The minimum Gasteiger partial charge on any atom is -0.298 e. The van der Waals surface area contributed by atoms with Crippen LogP contribution >= 0.6 is 15.9 Å². The first-order valence-electron chi connectivity index (χ1n) is 6.83. The van der Waals surface area contributed by atoms with Crippen molar-refractivity contribution < 1.29 is 4.79 Å². The smallest absolute Gasteiger partial charge is 0.154 e. The minimum absolute atomic E-state index is 0.0265. The van der Waals surface area contributed by atoms with Gasteiger partial charge in [-0.05, 0) is 36.6 Å². The van der Waals surface area contributed by atoms with Gasteiger partial charge in [-0.2, -0.15) is 5.26 Å². The number of halogens is 1. The molecule has 0 amide bonds. The third-order valence-corrected chi connectivity index (χ3v) is 3.93. The van der Waals surface area contributed by atoms with Crippen LogP contribution in [0.2, 0.25) is 0 Å². The lowest BCUT2D eigenvalue weighted by atomic mass is 9.92. The number of hydrogen-bond donors (Lipinski definition) is 0. The quantitative estimate of drug-likeness (QED) is 0.799. The van der Waals surface area contributed by atoms with Gasteiger partial charge >= 0.3 is 0 Å². The SMILES string of the molecule is Cc1cccc(CCC(=O)C(C#N)c2ccc(Br)cc2)c1. The van der Waals surface area contributed by atoms with Crippen molar-refractivity contribution >= 4 is 21.7 Å². The van der Waals surface area contributed by atoms with E-state index >= 15 is 0 Å². The van der Waals surface area contributed by atoms with E-state index in [4.69, 9.17) is 0 Å². The summed E-state index contributed by atoms with van der Waals surface area (Å²) >= 11 is 3.35. The maximum atomic E-state index is 12.3. The summed E-state index contributed by atoms with van der Waals surface area (Å²) in [6, 6.07) is 17.6. The molecule has 0 aliphatic rings. The van der Waals surface area contributed by atoms with Gasteiger partial charge in [0.1, 0.15) is 5.92 Å². The van der Waals surface area contributed by atoms with Crippen LogP contribution in [0.1, 0.15) is 29.0 Å². The third kappa shape index (κ3) is 4.27. The molecule has 3 heteroatoms. The Hall–Kier alpha value is -1.92. The molecule has 0 N–H and O–H groups in total. The van der Waals surface area contributed by atoms with Gasteiger partial charge in [-0.25, -0.2) is 0 Å². The number of nitrogens with zero attached hydrogens (tertiary/aromatic N) is 1. The van der Waals surface area contributed by atoms with Crippen molar-refractivity contribution in [2.45, 2.75) is 25.7 Å². The van der Waals surface area contributed by atoms with E-state index in [1.165, 1.54) is 5.56 Å². The molecular formula is C18H16BrNO. The molecule has 0 aliphatic heterocycles. The summed E-state index contributed by atoms with van der Waals surface area (Å²) in [5.74, 6) is -0.704. The lowest BCUT2D eigenvalue weighted by molar-refractivity contribution is -0.119. The van der Waals surface area contributed by atoms with Gasteiger partial charge in [0.05, 0.1) is 6.07 Å². The molecule has 0 bridgehead atoms. The lowest BCUT2D eigenvalue weighted by Gasteiger charge is -2.09. The van der Waals surface area contributed by atoms with Crippen LogP contribution in [0, 0.1) is 18.3 Å². The highest BCUT2D eigenvalue weighted by molar-refractivity contribution is 9.10. The molecular weight excluding hydrogens is 326 g/mol. The fourth-order valence-corrected chi connectivity index (χ4v) is 2.53. The van der Waals surface area contributed by atoms with Crippen molar-refractivity contribution in [3.63, 3.8) is 0 Å². The van der Waals surface area contributed by atoms with Crippen LogP contribution in [0.3, 0.4) is 0 Å². The number of rotatable bonds is 5. The van der Waals surface area contributed by atoms with Gasteiger partial charge in [0.15, 0.2) is 5.78 Å². The normalized spacial score (nSPS) is 11.7. The van der Waals surface area contributed by atoms with Crippen LogP contribution in [0.15, 0.2) is 53.0 Å². The lowest BCUT2D eigenvalue weighted by Crippen LogP contribution is -2.11. The predicted octanol–water partition coefficient (Wildman–Crippen LogP) is 4.57. The second kappa shape index (κ2) is 7.19. The van der Waals surface area contributed by atoms with Crippen molar-refractivity contribution in [3.05, 3.63) is 69.7 Å². The Balaban J connectivity index is 2.04. The average molecular weight is 342 g/mol. The van der Waals surface area contributed by atoms with Crippen molar-refractivity contribution in [1.29, 1.82) is 5.26 Å². The molecule has 1 unspecified atom stereocenters. The maximum absolute atomic E-state index is 12.3. The van der Waals surface area contributed by atoms with Crippen molar-refractivity contribution in [3.8, 4) is 6.07 Å². The first-order valence-corrected chi connectivity index (χ1v) is 7.63. The van der Waals surface area contributed by atoms with Crippen LogP contribution in [0.5, 0.6) is 0 Å². The van der Waals surface area contributed by atoms with E-state index in [9.17, 15) is 10.1 Å². The number of carbonyl (C=O) groups excluding carboxylic acids is 1. The zero-order chi connectivity index (χ0) is 15.2. The molecule has 2 rings (SSSR count). The number of aryl methyl sites for hydroxylation is 2. The molecule has 0 fully saturated rings. The first-order chi connectivity index (χ1) is 10.1. The van der Waals surface area contributed by atoms with Gasteiger partial charge in [-0.1, -0.05) is 57.9 Å². The highest BCUT2D eigenvalue weighted by atomic mass is 79.9. The largest absolute Gasteiger partial charge is 0.298 e. The molecule has 1 atom stereocenters. The van der Waals surface area contributed by atoms with Crippen LogP contribution in [0.4, 0.5) is 0 Å². The molecule has 0 aliphatic carbocycles. The second-order valence-electron chi connectivity index (χ2n) is 5.07. The Morgan fingerprint density at radius 2 is 1.95 bits per heavy atom. The van der Waals surface area contributed by atoms with E-state index < -0.39 is 5.92 Å². The Morgan fingerprint density at radius 1 is 1.24 bits per heavy atom. The Bertz CT molecular complexity index is 670. The van der Waals surface area contributed by atoms with E-state index in [1.807, 2.05) is 49.4 Å². The Morgan fingerprint density at radius 3 is 2.57 bits per heavy atom. The number of nitriles is 1. The molecule has 0 aromatic heterocycles. The summed E-state index contributed by atoms with van der Waals surface area (Å²) in [6.45, 7) is 2.03. The summed E-state index contributed by atoms with van der Waals surface area (Å²) in [5, 5.41) is 9.28. The van der Waals surface area contributed by atoms with Crippen LogP contribution in [0.25, 0.3) is 0 Å². The summed E-state index contributed by atoms with van der Waals surface area (Å²) in [4.78, 5) is 12.3. The highest BCUT2D eigenvalue weighted by Gasteiger charge is 2.19. The zero-order valence-corrected chi connectivity index (χ0v) is 13.4. The molecule has 2 nitrogen and oxygen atoms in total. The maximum Gasteiger partial charge on any atom is 0.154 e. The van der Waals surface area contributed by atoms with Gasteiger partial charge in [-0.15, -0.1) is 0 Å². The monoisotopic (exact) mass is 341 g/mol. The first kappa shape index (κ1) is 15.5. The van der Waals surface area contributed by atoms with E-state index in [0.717, 1.165) is 15.6 Å². The number of ketones is 1. The van der Waals surface area contributed by atoms with Crippen molar-refractivity contribution in [2.24, 2.45) is 0 Å². The van der Waals surface area contributed by atoms with Gasteiger partial charge in [-0.3, -0.25) is 4.79 Å². The van der Waals surface area contributed by atoms with Crippen LogP contribution < -0.4 is 0 Å². The minimum atomic E-state index is -0.678. The number of hydrogen-bond acceptors (Lipinski definition) is 2. The average Bonchev–Trinajstić information content (AvgIpc) is 2.48. The number of carbonyl (C=O) groups is 1. The van der Waals surface area contributed by atoms with Gasteiger partial charge < -0.3 is 0 Å². The number of Topliss-reactive ketones (excluding diaryl/α,β-unsaturated/α-hetero) is 1. The summed E-state index contributed by atoms with van der Waals surface area (Å²) < 4.78 is 0.940. The van der Waals surface area contributed by atoms with Gasteiger partial charge in [0.2, 0.25) is 0 Å². The predicted molar refractivity (Wildman–Crippen MR) is 87.0 cm³/mol. The molecule has 2 aromatic rings. The fourth-order valence-electron chi connectivity index (χ4n) is 2.27. The molecule has 106 valence electrons. The van der Waals surface area contributed by atoms with E-state index in [-0.39, 0.29) is 5.78 Å². The van der Waals surface area contributed by atoms with Gasteiger partial charge in [0, 0.05) is 10.9 Å². The van der Waals surface area contributed by atoms with E-state index in [0.29, 0.717) is 12.8 Å². The van der Waals surface area contributed by atoms with Crippen LogP contribution in [-0.4, -0.2) is 5.78 Å². The standard InChI is InChI=1S/C18H16BrNO/c1-13-3-2-4-14(11-13)5-10-18(21)17(12-20)15-6-8-16(19)9-7-15/h2-4,6-9,11,17H,5,10H2,1H3. The summed E-state index contributed by atoms with van der Waals surface area (Å²) in [5.41, 5.74) is 3.08. The second-order valence-corrected chi connectivity index (χ2v) is 5.98. The third-order valence-electron chi connectivity index (χ3n) is 3.40.